The number of hydrogen-bond donors (Lipinski definition) is 1. The van der Waals surface area contributed by atoms with Crippen LogP contribution in [0, 0.1) is 0 Å². The standard InChI is InChI=1S/C13H14N2O4/c1-17-10-5-4-8(6-11(10)18-2)12-14-7-9(15-12)13(16)19-3/h4-7H,1-3H3,(H,14,15). The second kappa shape index (κ2) is 5.43. The first-order valence-electron chi connectivity index (χ1n) is 5.55. The molecule has 19 heavy (non-hydrogen) atoms. The van der Waals surface area contributed by atoms with Gasteiger partial charge < -0.3 is 19.2 Å². The van der Waals surface area contributed by atoms with Crippen LogP contribution in [0.25, 0.3) is 11.4 Å². The summed E-state index contributed by atoms with van der Waals surface area (Å²) in [5, 5.41) is 0. The monoisotopic (exact) mass is 262 g/mol. The second-order valence-electron chi connectivity index (χ2n) is 3.71. The first kappa shape index (κ1) is 12.9. The highest BCUT2D eigenvalue weighted by atomic mass is 16.5. The summed E-state index contributed by atoms with van der Waals surface area (Å²) < 4.78 is 15.0. The van der Waals surface area contributed by atoms with Gasteiger partial charge in [-0.3, -0.25) is 0 Å². The average Bonchev–Trinajstić information content (AvgIpc) is 2.95. The van der Waals surface area contributed by atoms with Crippen LogP contribution in [0.4, 0.5) is 0 Å². The third kappa shape index (κ3) is 2.52. The van der Waals surface area contributed by atoms with Crippen molar-refractivity contribution in [1.82, 2.24) is 9.97 Å². The zero-order chi connectivity index (χ0) is 13.8. The van der Waals surface area contributed by atoms with Gasteiger partial charge >= 0.3 is 5.97 Å². The molecule has 0 fully saturated rings. The van der Waals surface area contributed by atoms with Crippen LogP contribution in [0.1, 0.15) is 10.5 Å². The van der Waals surface area contributed by atoms with E-state index in [4.69, 9.17) is 9.47 Å². The molecule has 1 aromatic carbocycles. The van der Waals surface area contributed by atoms with Gasteiger partial charge in [-0.2, -0.15) is 0 Å². The number of esters is 1. The number of nitrogens with one attached hydrogen (secondary N) is 1. The first-order chi connectivity index (χ1) is 9.19. The van der Waals surface area contributed by atoms with Crippen molar-refractivity contribution >= 4 is 5.97 Å². The van der Waals surface area contributed by atoms with Crippen molar-refractivity contribution in [2.75, 3.05) is 21.3 Å². The number of carbonyl (C=O) groups is 1. The first-order valence-corrected chi connectivity index (χ1v) is 5.55. The lowest BCUT2D eigenvalue weighted by Crippen LogP contribution is -2.01. The van der Waals surface area contributed by atoms with E-state index in [1.165, 1.54) is 13.3 Å². The van der Waals surface area contributed by atoms with Gasteiger partial charge in [-0.25, -0.2) is 9.78 Å². The normalized spacial score (nSPS) is 10.1. The lowest BCUT2D eigenvalue weighted by atomic mass is 10.2. The maximum Gasteiger partial charge on any atom is 0.356 e. The van der Waals surface area contributed by atoms with E-state index < -0.39 is 5.97 Å². The van der Waals surface area contributed by atoms with Crippen molar-refractivity contribution in [2.45, 2.75) is 0 Å². The van der Waals surface area contributed by atoms with E-state index in [2.05, 4.69) is 14.7 Å². The van der Waals surface area contributed by atoms with Crippen molar-refractivity contribution in [3.05, 3.63) is 30.1 Å². The Morgan fingerprint density at radius 3 is 2.53 bits per heavy atom. The Morgan fingerprint density at radius 1 is 1.16 bits per heavy atom. The lowest BCUT2D eigenvalue weighted by Gasteiger charge is -2.08. The molecule has 2 rings (SSSR count). The van der Waals surface area contributed by atoms with Gasteiger partial charge in [-0.1, -0.05) is 0 Å². The van der Waals surface area contributed by atoms with Gasteiger partial charge in [0, 0.05) is 5.56 Å². The Kier molecular flexibility index (Phi) is 3.70. The molecule has 0 spiro atoms. The van der Waals surface area contributed by atoms with E-state index in [0.29, 0.717) is 23.0 Å². The Hall–Kier alpha value is -2.50. The van der Waals surface area contributed by atoms with Crippen molar-refractivity contribution in [1.29, 1.82) is 0 Å². The highest BCUT2D eigenvalue weighted by molar-refractivity contribution is 5.87. The largest absolute Gasteiger partial charge is 0.493 e. The number of H-pyrrole nitrogens is 1. The van der Waals surface area contributed by atoms with Crippen LogP contribution < -0.4 is 9.47 Å². The van der Waals surface area contributed by atoms with Gasteiger partial charge in [0.2, 0.25) is 0 Å². The minimum absolute atomic E-state index is 0.298. The van der Waals surface area contributed by atoms with Crippen LogP contribution in [-0.2, 0) is 4.74 Å². The number of aromatic amines is 1. The van der Waals surface area contributed by atoms with Crippen molar-refractivity contribution in [2.24, 2.45) is 0 Å². The molecular formula is C13H14N2O4. The summed E-state index contributed by atoms with van der Waals surface area (Å²) >= 11 is 0. The van der Waals surface area contributed by atoms with Crippen LogP contribution in [0.5, 0.6) is 11.5 Å². The highest BCUT2D eigenvalue weighted by Crippen LogP contribution is 2.31. The molecule has 0 aliphatic rings. The summed E-state index contributed by atoms with van der Waals surface area (Å²) in [6.07, 6.45) is 1.43. The molecule has 6 nitrogen and oxygen atoms in total. The number of benzene rings is 1. The molecule has 1 aromatic heterocycles. The average molecular weight is 262 g/mol. The fraction of sp³-hybridized carbons (Fsp3) is 0.231. The van der Waals surface area contributed by atoms with Gasteiger partial charge in [0.15, 0.2) is 11.5 Å². The minimum atomic E-state index is -0.459. The maximum absolute atomic E-state index is 11.3. The number of carbonyl (C=O) groups excluding carboxylic acids is 1. The summed E-state index contributed by atoms with van der Waals surface area (Å²) in [6.45, 7) is 0. The molecule has 0 bridgehead atoms. The predicted molar refractivity (Wildman–Crippen MR) is 68.5 cm³/mol. The number of methoxy groups -OCH3 is 3. The number of ether oxygens (including phenoxy) is 3. The molecule has 0 atom stereocenters. The summed E-state index contributed by atoms with van der Waals surface area (Å²) in [5.74, 6) is 1.32. The molecule has 2 aromatic rings. The molecule has 0 amide bonds. The van der Waals surface area contributed by atoms with Crippen molar-refractivity contribution < 1.29 is 19.0 Å². The predicted octanol–water partition coefficient (Wildman–Crippen LogP) is 1.88. The van der Waals surface area contributed by atoms with Crippen LogP contribution >= 0.6 is 0 Å². The summed E-state index contributed by atoms with van der Waals surface area (Å²) in [5.41, 5.74) is 1.08. The lowest BCUT2D eigenvalue weighted by molar-refractivity contribution is 0.0595. The third-order valence-corrected chi connectivity index (χ3v) is 2.64. The summed E-state index contributed by atoms with van der Waals surface area (Å²) in [6, 6.07) is 5.37. The second-order valence-corrected chi connectivity index (χ2v) is 3.71. The highest BCUT2D eigenvalue weighted by Gasteiger charge is 2.12. The van der Waals surface area contributed by atoms with Gasteiger partial charge in [-0.15, -0.1) is 0 Å². The zero-order valence-electron chi connectivity index (χ0n) is 10.9. The summed E-state index contributed by atoms with van der Waals surface area (Å²) in [7, 11) is 4.45. The number of hydrogen-bond acceptors (Lipinski definition) is 5. The number of rotatable bonds is 4. The van der Waals surface area contributed by atoms with Gasteiger partial charge in [-0.05, 0) is 18.2 Å². The molecule has 1 heterocycles. The van der Waals surface area contributed by atoms with Gasteiger partial charge in [0.05, 0.1) is 27.5 Å². The van der Waals surface area contributed by atoms with E-state index in [-0.39, 0.29) is 0 Å². The molecule has 0 aliphatic carbocycles. The number of imidazole rings is 1. The Bertz CT molecular complexity index is 592. The Morgan fingerprint density at radius 2 is 1.89 bits per heavy atom. The molecule has 0 unspecified atom stereocenters. The topological polar surface area (TPSA) is 73.4 Å². The Labute approximate surface area is 110 Å². The Balaban J connectivity index is 2.36. The van der Waals surface area contributed by atoms with Crippen LogP contribution in [-0.4, -0.2) is 37.3 Å². The van der Waals surface area contributed by atoms with Crippen molar-refractivity contribution in [3.8, 4) is 22.9 Å². The zero-order valence-corrected chi connectivity index (χ0v) is 10.9. The van der Waals surface area contributed by atoms with Gasteiger partial charge in [0.25, 0.3) is 0 Å². The molecule has 100 valence electrons. The fourth-order valence-electron chi connectivity index (χ4n) is 1.67. The van der Waals surface area contributed by atoms with E-state index in [0.717, 1.165) is 5.56 Å². The molecule has 0 saturated carbocycles. The van der Waals surface area contributed by atoms with E-state index in [1.54, 1.807) is 26.4 Å². The van der Waals surface area contributed by atoms with Crippen LogP contribution in [0.15, 0.2) is 24.4 Å². The van der Waals surface area contributed by atoms with Crippen molar-refractivity contribution in [3.63, 3.8) is 0 Å². The summed E-state index contributed by atoms with van der Waals surface area (Å²) in [4.78, 5) is 18.4. The molecule has 0 radical (unpaired) electrons. The third-order valence-electron chi connectivity index (χ3n) is 2.64. The maximum atomic E-state index is 11.3. The van der Waals surface area contributed by atoms with Crippen LogP contribution in [0.2, 0.25) is 0 Å². The minimum Gasteiger partial charge on any atom is -0.493 e. The van der Waals surface area contributed by atoms with E-state index >= 15 is 0 Å². The smallest absolute Gasteiger partial charge is 0.356 e. The molecular weight excluding hydrogens is 248 g/mol. The fourth-order valence-corrected chi connectivity index (χ4v) is 1.67. The number of aromatic nitrogens is 2. The quantitative estimate of drug-likeness (QED) is 0.851. The molecule has 6 heteroatoms. The van der Waals surface area contributed by atoms with Gasteiger partial charge in [0.1, 0.15) is 11.5 Å². The SMILES string of the molecule is COC(=O)c1cnc(-c2ccc(OC)c(OC)c2)[nH]1. The number of nitrogens with zero attached hydrogens (tertiary/aromatic N) is 1. The molecule has 1 N–H and O–H groups in total. The molecule has 0 aliphatic heterocycles. The van der Waals surface area contributed by atoms with E-state index in [1.807, 2.05) is 6.07 Å². The molecule has 0 saturated heterocycles. The van der Waals surface area contributed by atoms with E-state index in [9.17, 15) is 4.79 Å². The van der Waals surface area contributed by atoms with Crippen LogP contribution in [0.3, 0.4) is 0 Å².